The summed E-state index contributed by atoms with van der Waals surface area (Å²) in [5, 5.41) is 3.50. The second-order valence-corrected chi connectivity index (χ2v) is 4.93. The third kappa shape index (κ3) is 4.31. The number of hydrogen-bond acceptors (Lipinski definition) is 5. The molecule has 1 aromatic carbocycles. The van der Waals surface area contributed by atoms with Crippen molar-refractivity contribution in [3.63, 3.8) is 0 Å². The van der Waals surface area contributed by atoms with Gasteiger partial charge in [0.25, 0.3) is 0 Å². The van der Waals surface area contributed by atoms with Crippen molar-refractivity contribution in [3.8, 4) is 5.75 Å². The van der Waals surface area contributed by atoms with E-state index in [2.05, 4.69) is 22.2 Å². The van der Waals surface area contributed by atoms with E-state index in [0.717, 1.165) is 24.1 Å². The van der Waals surface area contributed by atoms with E-state index in [1.54, 1.807) is 0 Å². The van der Waals surface area contributed by atoms with E-state index in [4.69, 9.17) is 22.1 Å². The molecule has 0 saturated heterocycles. The number of rotatable bonds is 7. The van der Waals surface area contributed by atoms with E-state index < -0.39 is 0 Å². The molecule has 1 aromatic heterocycles. The van der Waals surface area contributed by atoms with Crippen LogP contribution in [0.2, 0.25) is 5.15 Å². The summed E-state index contributed by atoms with van der Waals surface area (Å²) in [7, 11) is 0. The Bertz CT molecular complexity index is 574. The maximum Gasteiger partial charge on any atom is 0.199 e. The summed E-state index contributed by atoms with van der Waals surface area (Å²) in [4.78, 5) is 8.16. The van der Waals surface area contributed by atoms with Gasteiger partial charge in [-0.3, -0.25) is 0 Å². The van der Waals surface area contributed by atoms with Gasteiger partial charge in [0.15, 0.2) is 16.7 Å². The highest BCUT2D eigenvalue weighted by molar-refractivity contribution is 6.31. The number of aromatic nitrogens is 2. The quantitative estimate of drug-likeness (QED) is 0.605. The van der Waals surface area contributed by atoms with Crippen LogP contribution in [-0.2, 0) is 6.54 Å². The van der Waals surface area contributed by atoms with E-state index in [1.165, 1.54) is 6.33 Å². The molecule has 2 rings (SSSR count). The van der Waals surface area contributed by atoms with E-state index in [-0.39, 0.29) is 0 Å². The third-order valence-electron chi connectivity index (χ3n) is 2.96. The summed E-state index contributed by atoms with van der Waals surface area (Å²) < 4.78 is 5.69. The molecule has 0 spiro atoms. The lowest BCUT2D eigenvalue weighted by molar-refractivity contribution is 0.309. The van der Waals surface area contributed by atoms with Crippen molar-refractivity contribution in [1.82, 2.24) is 9.97 Å². The van der Waals surface area contributed by atoms with Gasteiger partial charge < -0.3 is 15.8 Å². The summed E-state index contributed by atoms with van der Waals surface area (Å²) in [6, 6.07) is 7.80. The number of nitrogens with two attached hydrogens (primary N) is 1. The molecule has 21 heavy (non-hydrogen) atoms. The molecule has 0 aliphatic carbocycles. The standard InChI is InChI=1S/C15H19ClN4O/c1-2-3-8-21-13-14(16)18-10-19-15(13)20-12-6-4-11(9-17)5-7-12/h4-7,10H,2-3,8-9,17H2,1H3,(H,18,19,20). The zero-order valence-electron chi connectivity index (χ0n) is 12.0. The fraction of sp³-hybridized carbons (Fsp3) is 0.333. The van der Waals surface area contributed by atoms with Crippen LogP contribution in [0.1, 0.15) is 25.3 Å². The lowest BCUT2D eigenvalue weighted by Crippen LogP contribution is -2.04. The number of halogens is 1. The molecule has 3 N–H and O–H groups in total. The maximum atomic E-state index is 6.09. The molecule has 1 heterocycles. The van der Waals surface area contributed by atoms with Crippen molar-refractivity contribution in [2.75, 3.05) is 11.9 Å². The van der Waals surface area contributed by atoms with Crippen LogP contribution >= 0.6 is 11.6 Å². The average Bonchev–Trinajstić information content (AvgIpc) is 2.51. The highest BCUT2D eigenvalue weighted by Crippen LogP contribution is 2.31. The number of unbranched alkanes of at least 4 members (excludes halogenated alkanes) is 1. The van der Waals surface area contributed by atoms with Crippen molar-refractivity contribution in [3.05, 3.63) is 41.3 Å². The van der Waals surface area contributed by atoms with E-state index >= 15 is 0 Å². The minimum absolute atomic E-state index is 0.308. The molecular formula is C15H19ClN4O. The average molecular weight is 307 g/mol. The maximum absolute atomic E-state index is 6.09. The van der Waals surface area contributed by atoms with E-state index in [1.807, 2.05) is 24.3 Å². The van der Waals surface area contributed by atoms with Crippen LogP contribution in [-0.4, -0.2) is 16.6 Å². The van der Waals surface area contributed by atoms with Crippen LogP contribution in [0.3, 0.4) is 0 Å². The summed E-state index contributed by atoms with van der Waals surface area (Å²) in [5.41, 5.74) is 7.55. The van der Waals surface area contributed by atoms with Crippen molar-refractivity contribution in [2.45, 2.75) is 26.3 Å². The zero-order valence-corrected chi connectivity index (χ0v) is 12.7. The van der Waals surface area contributed by atoms with Gasteiger partial charge in [0, 0.05) is 12.2 Å². The fourth-order valence-electron chi connectivity index (χ4n) is 1.75. The van der Waals surface area contributed by atoms with Crippen LogP contribution in [0.15, 0.2) is 30.6 Å². The summed E-state index contributed by atoms with van der Waals surface area (Å²) in [6.45, 7) is 3.21. The molecule has 0 fully saturated rings. The number of nitrogens with zero attached hydrogens (tertiary/aromatic N) is 2. The Kier molecular flexibility index (Phi) is 5.78. The van der Waals surface area contributed by atoms with Gasteiger partial charge in [-0.1, -0.05) is 37.1 Å². The lowest BCUT2D eigenvalue weighted by Gasteiger charge is -2.13. The Morgan fingerprint density at radius 1 is 1.24 bits per heavy atom. The Labute approximate surface area is 129 Å². The van der Waals surface area contributed by atoms with Crippen molar-refractivity contribution >= 4 is 23.1 Å². The first-order chi connectivity index (χ1) is 10.2. The number of benzene rings is 1. The molecule has 6 heteroatoms. The highest BCUT2D eigenvalue weighted by Gasteiger charge is 2.11. The number of hydrogen-bond donors (Lipinski definition) is 2. The first kappa shape index (κ1) is 15.5. The van der Waals surface area contributed by atoms with Crippen LogP contribution in [0.25, 0.3) is 0 Å². The predicted molar refractivity (Wildman–Crippen MR) is 85.1 cm³/mol. The smallest absolute Gasteiger partial charge is 0.199 e. The molecule has 2 aromatic rings. The third-order valence-corrected chi connectivity index (χ3v) is 3.23. The van der Waals surface area contributed by atoms with Gasteiger partial charge in [-0.05, 0) is 24.1 Å². The van der Waals surface area contributed by atoms with Gasteiger partial charge in [-0.2, -0.15) is 0 Å². The van der Waals surface area contributed by atoms with Gasteiger partial charge in [0.2, 0.25) is 0 Å². The first-order valence-electron chi connectivity index (χ1n) is 6.94. The molecule has 112 valence electrons. The molecule has 0 bridgehead atoms. The summed E-state index contributed by atoms with van der Waals surface area (Å²) in [5.74, 6) is 1.04. The van der Waals surface area contributed by atoms with Gasteiger partial charge in [0.05, 0.1) is 6.61 Å². The first-order valence-corrected chi connectivity index (χ1v) is 7.31. The Hall–Kier alpha value is -1.85. The van der Waals surface area contributed by atoms with Crippen molar-refractivity contribution < 1.29 is 4.74 Å². The fourth-order valence-corrected chi connectivity index (χ4v) is 1.94. The largest absolute Gasteiger partial charge is 0.487 e. The second-order valence-electron chi connectivity index (χ2n) is 4.57. The minimum Gasteiger partial charge on any atom is -0.487 e. The van der Waals surface area contributed by atoms with Crippen LogP contribution < -0.4 is 15.8 Å². The number of ether oxygens (including phenoxy) is 1. The molecule has 0 aliphatic rings. The van der Waals surface area contributed by atoms with Gasteiger partial charge in [0.1, 0.15) is 6.33 Å². The Morgan fingerprint density at radius 3 is 2.67 bits per heavy atom. The summed E-state index contributed by atoms with van der Waals surface area (Å²) >= 11 is 6.09. The van der Waals surface area contributed by atoms with E-state index in [9.17, 15) is 0 Å². The second kappa shape index (κ2) is 7.81. The van der Waals surface area contributed by atoms with Gasteiger partial charge in [-0.25, -0.2) is 9.97 Å². The Balaban J connectivity index is 2.15. The van der Waals surface area contributed by atoms with Gasteiger partial charge >= 0.3 is 0 Å². The number of anilines is 2. The molecule has 0 radical (unpaired) electrons. The molecular weight excluding hydrogens is 288 g/mol. The van der Waals surface area contributed by atoms with Crippen LogP contribution in [0.4, 0.5) is 11.5 Å². The SMILES string of the molecule is CCCCOc1c(Cl)ncnc1Nc1ccc(CN)cc1. The lowest BCUT2D eigenvalue weighted by atomic mass is 10.2. The van der Waals surface area contributed by atoms with E-state index in [0.29, 0.717) is 29.9 Å². The summed E-state index contributed by atoms with van der Waals surface area (Å²) in [6.07, 6.45) is 3.41. The minimum atomic E-state index is 0.308. The molecule has 0 amide bonds. The molecule has 5 nitrogen and oxygen atoms in total. The monoisotopic (exact) mass is 306 g/mol. The van der Waals surface area contributed by atoms with Crippen molar-refractivity contribution in [1.29, 1.82) is 0 Å². The molecule has 0 aliphatic heterocycles. The Morgan fingerprint density at radius 2 is 2.00 bits per heavy atom. The highest BCUT2D eigenvalue weighted by atomic mass is 35.5. The van der Waals surface area contributed by atoms with Crippen LogP contribution in [0.5, 0.6) is 5.75 Å². The zero-order chi connectivity index (χ0) is 15.1. The topological polar surface area (TPSA) is 73.1 Å². The van der Waals surface area contributed by atoms with Gasteiger partial charge in [-0.15, -0.1) is 0 Å². The predicted octanol–water partition coefficient (Wildman–Crippen LogP) is 3.51. The number of nitrogens with one attached hydrogen (secondary N) is 1. The normalized spacial score (nSPS) is 10.4. The van der Waals surface area contributed by atoms with Crippen LogP contribution in [0, 0.1) is 0 Å². The molecule has 0 unspecified atom stereocenters. The van der Waals surface area contributed by atoms with Crippen molar-refractivity contribution in [2.24, 2.45) is 5.73 Å². The molecule has 0 saturated carbocycles. The molecule has 0 atom stereocenters.